The Labute approximate surface area is 171 Å². The molecule has 1 fully saturated rings. The summed E-state index contributed by atoms with van der Waals surface area (Å²) < 4.78 is 5.96. The topological polar surface area (TPSA) is 35.0 Å². The van der Waals surface area contributed by atoms with Crippen LogP contribution in [0.1, 0.15) is 76.8 Å². The maximum absolute atomic E-state index is 5.96. The Kier molecular flexibility index (Phi) is 8.32. The van der Waals surface area contributed by atoms with Gasteiger partial charge in [0, 0.05) is 11.8 Å². The maximum Gasteiger partial charge on any atom is 0.119 e. The molecular formula is C25H36N2O. The first-order valence-electron chi connectivity index (χ1n) is 11.3. The van der Waals surface area contributed by atoms with Gasteiger partial charge in [-0.1, -0.05) is 58.3 Å². The number of ether oxygens (including phenoxy) is 1. The second-order valence-corrected chi connectivity index (χ2v) is 8.44. The van der Waals surface area contributed by atoms with E-state index in [2.05, 4.69) is 29.0 Å². The molecule has 1 aliphatic carbocycles. The minimum Gasteiger partial charge on any atom is -0.494 e. The van der Waals surface area contributed by atoms with E-state index < -0.39 is 0 Å². The lowest BCUT2D eigenvalue weighted by Gasteiger charge is -2.28. The van der Waals surface area contributed by atoms with Crippen LogP contribution in [0.4, 0.5) is 0 Å². The molecule has 3 nitrogen and oxygen atoms in total. The highest BCUT2D eigenvalue weighted by Gasteiger charge is 2.20. The molecule has 0 saturated heterocycles. The molecule has 152 valence electrons. The average molecular weight is 381 g/mol. The normalized spacial score (nSPS) is 19.5. The van der Waals surface area contributed by atoms with Crippen molar-refractivity contribution >= 4 is 0 Å². The zero-order valence-electron chi connectivity index (χ0n) is 17.7. The highest BCUT2D eigenvalue weighted by molar-refractivity contribution is 5.58. The number of nitrogens with zero attached hydrogens (tertiary/aromatic N) is 2. The van der Waals surface area contributed by atoms with E-state index in [1.165, 1.54) is 57.8 Å². The largest absolute Gasteiger partial charge is 0.494 e. The van der Waals surface area contributed by atoms with E-state index in [-0.39, 0.29) is 0 Å². The predicted octanol–water partition coefficient (Wildman–Crippen LogP) is 7.00. The number of rotatable bonds is 10. The molecule has 3 heteroatoms. The van der Waals surface area contributed by atoms with Crippen LogP contribution in [-0.2, 0) is 0 Å². The first-order valence-corrected chi connectivity index (χ1v) is 11.3. The first-order chi connectivity index (χ1) is 13.7. The van der Waals surface area contributed by atoms with E-state index in [4.69, 9.17) is 4.74 Å². The smallest absolute Gasteiger partial charge is 0.119 e. The van der Waals surface area contributed by atoms with E-state index >= 15 is 0 Å². The molecule has 0 aliphatic heterocycles. The minimum atomic E-state index is 0.820. The Hall–Kier alpha value is -1.90. The Morgan fingerprint density at radius 3 is 2.14 bits per heavy atom. The van der Waals surface area contributed by atoms with Crippen molar-refractivity contribution in [1.82, 2.24) is 9.97 Å². The fraction of sp³-hybridized carbons (Fsp3) is 0.600. The molecule has 0 amide bonds. The Morgan fingerprint density at radius 2 is 1.54 bits per heavy atom. The standard InChI is InChI=1S/C25H36N2O/c1-3-4-5-7-21-9-11-22(12-10-21)8-6-17-28-24-15-13-23(14-16-24)25-19-26-20(2)18-27-25/h13-16,18-19,21-22H,3-12,17H2,1-2H3/t21-,22-. The fourth-order valence-corrected chi connectivity index (χ4v) is 4.32. The molecule has 0 spiro atoms. The van der Waals surface area contributed by atoms with E-state index in [0.717, 1.165) is 47.6 Å². The molecule has 0 bridgehead atoms. The summed E-state index contributed by atoms with van der Waals surface area (Å²) in [6.07, 6.45) is 17.6. The number of hydrogen-bond donors (Lipinski definition) is 0. The van der Waals surface area contributed by atoms with Crippen molar-refractivity contribution in [3.05, 3.63) is 42.4 Å². The highest BCUT2D eigenvalue weighted by atomic mass is 16.5. The summed E-state index contributed by atoms with van der Waals surface area (Å²) in [5.41, 5.74) is 2.92. The van der Waals surface area contributed by atoms with E-state index in [9.17, 15) is 0 Å². The monoisotopic (exact) mass is 380 g/mol. The van der Waals surface area contributed by atoms with Crippen molar-refractivity contribution in [3.8, 4) is 17.0 Å². The van der Waals surface area contributed by atoms with Crippen LogP contribution in [0.5, 0.6) is 5.75 Å². The second-order valence-electron chi connectivity index (χ2n) is 8.44. The van der Waals surface area contributed by atoms with Crippen LogP contribution < -0.4 is 4.74 Å². The first kappa shape index (κ1) is 20.8. The SMILES string of the molecule is CCCCC[C@H]1CC[C@H](CCCOc2ccc(-c3cnc(C)cn3)cc2)CC1. The maximum atomic E-state index is 5.96. The van der Waals surface area contributed by atoms with Crippen molar-refractivity contribution in [2.24, 2.45) is 11.8 Å². The molecule has 0 unspecified atom stereocenters. The number of hydrogen-bond acceptors (Lipinski definition) is 3. The van der Waals surface area contributed by atoms with Crippen LogP contribution in [0.2, 0.25) is 0 Å². The molecule has 1 heterocycles. The van der Waals surface area contributed by atoms with Gasteiger partial charge in [-0.05, 0) is 55.9 Å². The molecule has 3 rings (SSSR count). The summed E-state index contributed by atoms with van der Waals surface area (Å²) >= 11 is 0. The zero-order valence-corrected chi connectivity index (χ0v) is 17.7. The van der Waals surface area contributed by atoms with E-state index in [1.54, 1.807) is 6.20 Å². The molecule has 0 N–H and O–H groups in total. The third-order valence-corrected chi connectivity index (χ3v) is 6.14. The van der Waals surface area contributed by atoms with Gasteiger partial charge in [-0.15, -0.1) is 0 Å². The number of benzene rings is 1. The molecule has 1 aliphatic rings. The van der Waals surface area contributed by atoms with Crippen LogP contribution in [0.25, 0.3) is 11.3 Å². The van der Waals surface area contributed by atoms with Gasteiger partial charge < -0.3 is 4.74 Å². The minimum absolute atomic E-state index is 0.820. The third-order valence-electron chi connectivity index (χ3n) is 6.14. The van der Waals surface area contributed by atoms with Crippen molar-refractivity contribution in [2.45, 2.75) is 78.1 Å². The number of aryl methyl sites for hydroxylation is 1. The highest BCUT2D eigenvalue weighted by Crippen LogP contribution is 2.34. The lowest BCUT2D eigenvalue weighted by molar-refractivity contribution is 0.228. The quantitative estimate of drug-likeness (QED) is 0.416. The van der Waals surface area contributed by atoms with Crippen LogP contribution in [0.15, 0.2) is 36.7 Å². The van der Waals surface area contributed by atoms with Crippen LogP contribution in [0, 0.1) is 18.8 Å². The zero-order chi connectivity index (χ0) is 19.6. The lowest BCUT2D eigenvalue weighted by atomic mass is 9.78. The molecule has 1 aromatic carbocycles. The summed E-state index contributed by atoms with van der Waals surface area (Å²) in [7, 11) is 0. The lowest BCUT2D eigenvalue weighted by Crippen LogP contribution is -2.15. The number of aromatic nitrogens is 2. The van der Waals surface area contributed by atoms with E-state index in [0.29, 0.717) is 0 Å². The summed E-state index contributed by atoms with van der Waals surface area (Å²) in [5, 5.41) is 0. The van der Waals surface area contributed by atoms with Crippen LogP contribution in [0.3, 0.4) is 0 Å². The summed E-state index contributed by atoms with van der Waals surface area (Å²) in [6, 6.07) is 8.21. The van der Waals surface area contributed by atoms with Gasteiger partial charge in [0.25, 0.3) is 0 Å². The Balaban J connectivity index is 1.32. The van der Waals surface area contributed by atoms with Crippen molar-refractivity contribution in [3.63, 3.8) is 0 Å². The van der Waals surface area contributed by atoms with E-state index in [1.807, 2.05) is 25.3 Å². The molecule has 0 radical (unpaired) electrons. The van der Waals surface area contributed by atoms with Crippen molar-refractivity contribution in [2.75, 3.05) is 6.61 Å². The van der Waals surface area contributed by atoms with Crippen LogP contribution in [-0.4, -0.2) is 16.6 Å². The Bertz CT molecular complexity index is 673. The third kappa shape index (κ3) is 6.61. The number of unbranched alkanes of at least 4 members (excludes halogenated alkanes) is 2. The molecular weight excluding hydrogens is 344 g/mol. The van der Waals surface area contributed by atoms with Gasteiger partial charge in [0.15, 0.2) is 0 Å². The van der Waals surface area contributed by atoms with Gasteiger partial charge in [0.05, 0.1) is 24.2 Å². The van der Waals surface area contributed by atoms with Gasteiger partial charge in [0.2, 0.25) is 0 Å². The van der Waals surface area contributed by atoms with Gasteiger partial charge >= 0.3 is 0 Å². The van der Waals surface area contributed by atoms with Gasteiger partial charge in [-0.2, -0.15) is 0 Å². The van der Waals surface area contributed by atoms with Gasteiger partial charge in [-0.3, -0.25) is 9.97 Å². The van der Waals surface area contributed by atoms with Gasteiger partial charge in [0.1, 0.15) is 5.75 Å². The second kappa shape index (κ2) is 11.2. The average Bonchev–Trinajstić information content (AvgIpc) is 2.73. The summed E-state index contributed by atoms with van der Waals surface area (Å²) in [4.78, 5) is 8.74. The molecule has 1 aromatic heterocycles. The molecule has 2 aromatic rings. The van der Waals surface area contributed by atoms with Crippen molar-refractivity contribution < 1.29 is 4.74 Å². The van der Waals surface area contributed by atoms with Crippen molar-refractivity contribution in [1.29, 1.82) is 0 Å². The summed E-state index contributed by atoms with van der Waals surface area (Å²) in [6.45, 7) is 5.07. The fourth-order valence-electron chi connectivity index (χ4n) is 4.32. The molecule has 28 heavy (non-hydrogen) atoms. The predicted molar refractivity (Wildman–Crippen MR) is 117 cm³/mol. The Morgan fingerprint density at radius 1 is 0.857 bits per heavy atom. The van der Waals surface area contributed by atoms with Gasteiger partial charge in [-0.25, -0.2) is 0 Å². The summed E-state index contributed by atoms with van der Waals surface area (Å²) in [5.74, 6) is 2.88. The van der Waals surface area contributed by atoms with Crippen LogP contribution >= 0.6 is 0 Å². The molecule has 0 atom stereocenters. The molecule has 1 saturated carbocycles.